The molecule has 2 rings (SSSR count). The summed E-state index contributed by atoms with van der Waals surface area (Å²) >= 11 is 0. The van der Waals surface area contributed by atoms with E-state index in [9.17, 15) is 5.11 Å². The summed E-state index contributed by atoms with van der Waals surface area (Å²) in [5.41, 5.74) is 1.41. The molecule has 0 amide bonds. The van der Waals surface area contributed by atoms with Gasteiger partial charge in [0.1, 0.15) is 11.8 Å². The average molecular weight is 235 g/mol. The fourth-order valence-electron chi connectivity index (χ4n) is 1.59. The molecular formula is C11H17N5O. The summed E-state index contributed by atoms with van der Waals surface area (Å²) in [4.78, 5) is 0. The Bertz CT molecular complexity index is 450. The third kappa shape index (κ3) is 2.71. The number of nitrogens with zero attached hydrogens (tertiary/aromatic N) is 4. The Balaban J connectivity index is 2.02. The summed E-state index contributed by atoms with van der Waals surface area (Å²) in [6.45, 7) is 4.24. The SMILES string of the molecule is CCC(C)n1ccc(CC(O)c2cn[nH]n2)n1. The second-order valence-electron chi connectivity index (χ2n) is 4.16. The van der Waals surface area contributed by atoms with Crippen LogP contribution in [0, 0.1) is 0 Å². The zero-order valence-electron chi connectivity index (χ0n) is 10.0. The lowest BCUT2D eigenvalue weighted by atomic mass is 10.1. The molecule has 0 saturated carbocycles. The molecule has 6 heteroatoms. The predicted molar refractivity (Wildman–Crippen MR) is 62.3 cm³/mol. The van der Waals surface area contributed by atoms with Crippen LogP contribution >= 0.6 is 0 Å². The number of nitrogens with one attached hydrogen (secondary N) is 1. The summed E-state index contributed by atoms with van der Waals surface area (Å²) < 4.78 is 1.92. The molecule has 17 heavy (non-hydrogen) atoms. The van der Waals surface area contributed by atoms with Crippen LogP contribution in [0.25, 0.3) is 0 Å². The maximum absolute atomic E-state index is 9.90. The molecule has 2 atom stereocenters. The third-order valence-electron chi connectivity index (χ3n) is 2.88. The van der Waals surface area contributed by atoms with Crippen molar-refractivity contribution >= 4 is 0 Å². The molecule has 0 aliphatic heterocycles. The van der Waals surface area contributed by atoms with Gasteiger partial charge in [-0.25, -0.2) is 0 Å². The van der Waals surface area contributed by atoms with E-state index < -0.39 is 6.10 Å². The molecule has 0 aliphatic rings. The Hall–Kier alpha value is -1.69. The minimum atomic E-state index is -0.658. The van der Waals surface area contributed by atoms with Crippen molar-refractivity contribution in [3.8, 4) is 0 Å². The lowest BCUT2D eigenvalue weighted by molar-refractivity contribution is 0.172. The molecule has 0 saturated heterocycles. The summed E-state index contributed by atoms with van der Waals surface area (Å²) in [5, 5.41) is 24.3. The molecular weight excluding hydrogens is 218 g/mol. The average Bonchev–Trinajstić information content (AvgIpc) is 2.98. The van der Waals surface area contributed by atoms with Crippen molar-refractivity contribution in [3.05, 3.63) is 29.8 Å². The van der Waals surface area contributed by atoms with Crippen LogP contribution in [0.4, 0.5) is 0 Å². The summed E-state index contributed by atoms with van der Waals surface area (Å²) in [5.74, 6) is 0. The molecule has 2 aromatic heterocycles. The van der Waals surface area contributed by atoms with Gasteiger partial charge in [0, 0.05) is 18.7 Å². The van der Waals surface area contributed by atoms with Crippen molar-refractivity contribution in [1.29, 1.82) is 0 Å². The van der Waals surface area contributed by atoms with E-state index in [1.807, 2.05) is 16.9 Å². The van der Waals surface area contributed by atoms with Crippen molar-refractivity contribution in [3.63, 3.8) is 0 Å². The zero-order valence-corrected chi connectivity index (χ0v) is 10.0. The smallest absolute Gasteiger partial charge is 0.111 e. The normalized spacial score (nSPS) is 14.8. The van der Waals surface area contributed by atoms with E-state index in [1.165, 1.54) is 6.20 Å². The first-order chi connectivity index (χ1) is 8.20. The van der Waals surface area contributed by atoms with Gasteiger partial charge in [-0.2, -0.15) is 20.5 Å². The Morgan fingerprint density at radius 2 is 2.35 bits per heavy atom. The Kier molecular flexibility index (Phi) is 3.53. The number of H-pyrrole nitrogens is 1. The predicted octanol–water partition coefficient (Wildman–Crippen LogP) is 1.25. The number of aromatic amines is 1. The van der Waals surface area contributed by atoms with Gasteiger partial charge in [0.25, 0.3) is 0 Å². The number of hydrogen-bond acceptors (Lipinski definition) is 4. The molecule has 0 aliphatic carbocycles. The van der Waals surface area contributed by atoms with Crippen LogP contribution in [0.3, 0.4) is 0 Å². The summed E-state index contributed by atoms with van der Waals surface area (Å²) in [6.07, 6.45) is 4.30. The number of aliphatic hydroxyl groups excluding tert-OH is 1. The zero-order chi connectivity index (χ0) is 12.3. The quantitative estimate of drug-likeness (QED) is 0.817. The fourth-order valence-corrected chi connectivity index (χ4v) is 1.59. The monoisotopic (exact) mass is 235 g/mol. The second-order valence-corrected chi connectivity index (χ2v) is 4.16. The summed E-state index contributed by atoms with van der Waals surface area (Å²) in [7, 11) is 0. The minimum Gasteiger partial charge on any atom is -0.386 e. The van der Waals surface area contributed by atoms with E-state index in [1.54, 1.807) is 0 Å². The van der Waals surface area contributed by atoms with Crippen molar-refractivity contribution in [2.75, 3.05) is 0 Å². The van der Waals surface area contributed by atoms with Crippen LogP contribution in [-0.2, 0) is 6.42 Å². The molecule has 2 heterocycles. The van der Waals surface area contributed by atoms with Crippen LogP contribution in [-0.4, -0.2) is 30.3 Å². The van der Waals surface area contributed by atoms with Crippen LogP contribution in [0.15, 0.2) is 18.5 Å². The van der Waals surface area contributed by atoms with Crippen LogP contribution < -0.4 is 0 Å². The number of rotatable bonds is 5. The van der Waals surface area contributed by atoms with E-state index in [2.05, 4.69) is 34.4 Å². The highest BCUT2D eigenvalue weighted by atomic mass is 16.3. The van der Waals surface area contributed by atoms with Gasteiger partial charge in [-0.05, 0) is 19.4 Å². The molecule has 2 N–H and O–H groups in total. The minimum absolute atomic E-state index is 0.382. The number of aliphatic hydroxyl groups is 1. The van der Waals surface area contributed by atoms with Crippen molar-refractivity contribution in [2.45, 2.75) is 38.8 Å². The van der Waals surface area contributed by atoms with E-state index in [4.69, 9.17) is 0 Å². The van der Waals surface area contributed by atoms with Crippen molar-refractivity contribution < 1.29 is 5.11 Å². The van der Waals surface area contributed by atoms with Crippen molar-refractivity contribution in [1.82, 2.24) is 25.2 Å². The van der Waals surface area contributed by atoms with Gasteiger partial charge >= 0.3 is 0 Å². The van der Waals surface area contributed by atoms with Crippen LogP contribution in [0.1, 0.15) is 43.8 Å². The maximum atomic E-state index is 9.90. The van der Waals surface area contributed by atoms with Gasteiger partial charge < -0.3 is 5.11 Å². The Labute approximate surface area is 99.7 Å². The van der Waals surface area contributed by atoms with Crippen LogP contribution in [0.5, 0.6) is 0 Å². The first-order valence-corrected chi connectivity index (χ1v) is 5.78. The molecule has 2 aromatic rings. The molecule has 0 spiro atoms. The molecule has 0 aromatic carbocycles. The Morgan fingerprint density at radius 3 is 3.00 bits per heavy atom. The molecule has 92 valence electrons. The largest absolute Gasteiger partial charge is 0.386 e. The summed E-state index contributed by atoms with van der Waals surface area (Å²) in [6, 6.07) is 2.31. The molecule has 2 unspecified atom stereocenters. The molecule has 0 fully saturated rings. The molecule has 6 nitrogen and oxygen atoms in total. The lowest BCUT2D eigenvalue weighted by Gasteiger charge is -2.08. The van der Waals surface area contributed by atoms with E-state index >= 15 is 0 Å². The molecule has 0 bridgehead atoms. The van der Waals surface area contributed by atoms with E-state index in [0.29, 0.717) is 18.2 Å². The van der Waals surface area contributed by atoms with Gasteiger partial charge in [0.2, 0.25) is 0 Å². The highest BCUT2D eigenvalue weighted by Gasteiger charge is 2.13. The van der Waals surface area contributed by atoms with Crippen LogP contribution in [0.2, 0.25) is 0 Å². The highest BCUT2D eigenvalue weighted by Crippen LogP contribution is 2.15. The van der Waals surface area contributed by atoms with E-state index in [0.717, 1.165) is 12.1 Å². The highest BCUT2D eigenvalue weighted by molar-refractivity contribution is 5.06. The standard InChI is InChI=1S/C11H17N5O/c1-3-8(2)16-5-4-9(14-16)6-11(17)10-7-12-15-13-10/h4-5,7-8,11,17H,3,6H2,1-2H3,(H,12,13,15). The van der Waals surface area contributed by atoms with E-state index in [-0.39, 0.29) is 0 Å². The van der Waals surface area contributed by atoms with Gasteiger partial charge in [-0.15, -0.1) is 0 Å². The molecule has 0 radical (unpaired) electrons. The van der Waals surface area contributed by atoms with Gasteiger partial charge in [-0.3, -0.25) is 4.68 Å². The first-order valence-electron chi connectivity index (χ1n) is 5.78. The Morgan fingerprint density at radius 1 is 1.53 bits per heavy atom. The van der Waals surface area contributed by atoms with Gasteiger partial charge in [0.05, 0.1) is 11.9 Å². The topological polar surface area (TPSA) is 79.6 Å². The maximum Gasteiger partial charge on any atom is 0.111 e. The third-order valence-corrected chi connectivity index (χ3v) is 2.88. The second kappa shape index (κ2) is 5.09. The fraction of sp³-hybridized carbons (Fsp3) is 0.545. The van der Waals surface area contributed by atoms with Gasteiger partial charge in [0.15, 0.2) is 0 Å². The van der Waals surface area contributed by atoms with Gasteiger partial charge in [-0.1, -0.05) is 6.92 Å². The number of hydrogen-bond donors (Lipinski definition) is 2. The first kappa shape index (κ1) is 11.8. The van der Waals surface area contributed by atoms with Crippen molar-refractivity contribution in [2.24, 2.45) is 0 Å². The number of aromatic nitrogens is 5. The lowest BCUT2D eigenvalue weighted by Crippen LogP contribution is -2.07.